The van der Waals surface area contributed by atoms with Crippen LogP contribution in [0.2, 0.25) is 0 Å². The van der Waals surface area contributed by atoms with E-state index in [0.717, 1.165) is 0 Å². The van der Waals surface area contributed by atoms with Crippen LogP contribution >= 0.6 is 7.92 Å². The molecule has 8 aromatic carbocycles. The molecular weight excluding hydrogens is 535 g/mol. The largest absolute Gasteiger partial charge is 0.0622 e. The van der Waals surface area contributed by atoms with Gasteiger partial charge in [-0.05, 0) is 114 Å². The van der Waals surface area contributed by atoms with Gasteiger partial charge in [-0.3, -0.25) is 0 Å². The average Bonchev–Trinajstić information content (AvgIpc) is 3.38. The molecule has 43 heavy (non-hydrogen) atoms. The lowest BCUT2D eigenvalue weighted by molar-refractivity contribution is 1.69. The van der Waals surface area contributed by atoms with Gasteiger partial charge >= 0.3 is 0 Å². The lowest BCUT2D eigenvalue weighted by Gasteiger charge is -2.20. The SMILES string of the molecule is c1ccc(P(c2ccccc2)c2ccc3cc(-c4ccc5c6c(cccc46)-c4cc6ccccc6cc4-5)ccc3c2)cc1. The maximum absolute atomic E-state index is 2.40. The molecule has 0 radical (unpaired) electrons. The molecule has 0 heterocycles. The number of benzene rings is 8. The van der Waals surface area contributed by atoms with Crippen molar-refractivity contribution in [3.05, 3.63) is 164 Å². The smallest absolute Gasteiger partial charge is 0.00201 e. The molecule has 1 heteroatoms. The Morgan fingerprint density at radius 2 is 0.860 bits per heavy atom. The summed E-state index contributed by atoms with van der Waals surface area (Å²) in [6.45, 7) is 0. The van der Waals surface area contributed by atoms with Gasteiger partial charge in [0, 0.05) is 0 Å². The fraction of sp³-hybridized carbons (Fsp3) is 0. The Morgan fingerprint density at radius 1 is 0.302 bits per heavy atom. The van der Waals surface area contributed by atoms with Crippen LogP contribution in [0.1, 0.15) is 0 Å². The zero-order valence-electron chi connectivity index (χ0n) is 23.5. The van der Waals surface area contributed by atoms with Crippen LogP contribution in [0.4, 0.5) is 0 Å². The Hall–Kier alpha value is -5.03. The minimum atomic E-state index is -0.629. The number of hydrogen-bond donors (Lipinski definition) is 0. The summed E-state index contributed by atoms with van der Waals surface area (Å²) in [4.78, 5) is 0. The van der Waals surface area contributed by atoms with Crippen LogP contribution in [-0.2, 0) is 0 Å². The van der Waals surface area contributed by atoms with E-state index in [0.29, 0.717) is 0 Å². The molecule has 1 aliphatic rings. The molecule has 0 fully saturated rings. The number of hydrogen-bond acceptors (Lipinski definition) is 0. The summed E-state index contributed by atoms with van der Waals surface area (Å²) in [6, 6.07) is 60.8. The molecule has 0 aromatic heterocycles. The standard InChI is InChI=1S/C42H27P/c1-3-12-33(13-4-1)43(34-14-5-2-6-15-34)35-21-20-30-24-32(19-18-31(30)25-35)36-22-23-39-41-27-29-11-8-7-10-28(29)26-40(41)38-17-9-16-37(36)42(38)39/h1-27H. The molecule has 200 valence electrons. The monoisotopic (exact) mass is 562 g/mol. The van der Waals surface area contributed by atoms with E-state index >= 15 is 0 Å². The second-order valence-electron chi connectivity index (χ2n) is 11.4. The van der Waals surface area contributed by atoms with Crippen LogP contribution in [0.3, 0.4) is 0 Å². The Balaban J connectivity index is 1.16. The van der Waals surface area contributed by atoms with Gasteiger partial charge in [-0.25, -0.2) is 0 Å². The van der Waals surface area contributed by atoms with Gasteiger partial charge in [0.2, 0.25) is 0 Å². The van der Waals surface area contributed by atoms with Gasteiger partial charge in [0.1, 0.15) is 0 Å². The van der Waals surface area contributed by atoms with E-state index in [9.17, 15) is 0 Å². The third kappa shape index (κ3) is 3.95. The van der Waals surface area contributed by atoms with Crippen molar-refractivity contribution in [3.63, 3.8) is 0 Å². The molecule has 0 bridgehead atoms. The first-order chi connectivity index (χ1) is 21.3. The van der Waals surface area contributed by atoms with Crippen LogP contribution in [-0.4, -0.2) is 0 Å². The van der Waals surface area contributed by atoms with Crippen LogP contribution in [0.25, 0.3) is 65.7 Å². The molecule has 8 aromatic rings. The predicted octanol–water partition coefficient (Wildman–Crippen LogP) is 10.2. The summed E-state index contributed by atoms with van der Waals surface area (Å²) in [7, 11) is -0.629. The first-order valence-electron chi connectivity index (χ1n) is 14.9. The van der Waals surface area contributed by atoms with Crippen molar-refractivity contribution in [2.75, 3.05) is 0 Å². The normalized spacial score (nSPS) is 11.9. The Morgan fingerprint density at radius 3 is 1.56 bits per heavy atom. The topological polar surface area (TPSA) is 0 Å². The van der Waals surface area contributed by atoms with Crippen LogP contribution in [0.5, 0.6) is 0 Å². The molecule has 1 aliphatic carbocycles. The number of rotatable bonds is 4. The van der Waals surface area contributed by atoms with Crippen LogP contribution < -0.4 is 15.9 Å². The fourth-order valence-electron chi connectivity index (χ4n) is 6.93. The molecule has 0 N–H and O–H groups in total. The first-order valence-corrected chi connectivity index (χ1v) is 16.2. The highest BCUT2D eigenvalue weighted by atomic mass is 31.1. The van der Waals surface area contributed by atoms with Crippen molar-refractivity contribution in [3.8, 4) is 33.4 Å². The molecular formula is C42H27P. The number of fused-ring (bicyclic) bond motifs is 5. The highest BCUT2D eigenvalue weighted by Crippen LogP contribution is 2.50. The summed E-state index contributed by atoms with van der Waals surface area (Å²) in [5.41, 5.74) is 7.93. The average molecular weight is 563 g/mol. The Labute approximate surface area is 252 Å². The van der Waals surface area contributed by atoms with Gasteiger partial charge in [0.25, 0.3) is 0 Å². The third-order valence-electron chi connectivity index (χ3n) is 8.93. The van der Waals surface area contributed by atoms with Crippen molar-refractivity contribution >= 4 is 56.2 Å². The zero-order valence-corrected chi connectivity index (χ0v) is 24.4. The van der Waals surface area contributed by atoms with Gasteiger partial charge in [0.05, 0.1) is 0 Å². The third-order valence-corrected chi connectivity index (χ3v) is 11.4. The van der Waals surface area contributed by atoms with Crippen molar-refractivity contribution in [1.29, 1.82) is 0 Å². The Kier molecular flexibility index (Phi) is 5.58. The summed E-state index contributed by atoms with van der Waals surface area (Å²) in [5, 5.41) is 12.0. The van der Waals surface area contributed by atoms with Gasteiger partial charge in [0.15, 0.2) is 0 Å². The maximum atomic E-state index is 2.40. The molecule has 0 amide bonds. The van der Waals surface area contributed by atoms with Gasteiger partial charge in [-0.15, -0.1) is 0 Å². The molecule has 0 atom stereocenters. The van der Waals surface area contributed by atoms with Gasteiger partial charge in [-0.1, -0.05) is 140 Å². The van der Waals surface area contributed by atoms with E-state index in [2.05, 4.69) is 164 Å². The minimum absolute atomic E-state index is 0.629. The zero-order chi connectivity index (χ0) is 28.3. The van der Waals surface area contributed by atoms with Crippen molar-refractivity contribution in [1.82, 2.24) is 0 Å². The summed E-state index contributed by atoms with van der Waals surface area (Å²) in [6.07, 6.45) is 0. The predicted molar refractivity (Wildman–Crippen MR) is 188 cm³/mol. The van der Waals surface area contributed by atoms with E-state index in [4.69, 9.17) is 0 Å². The molecule has 0 nitrogen and oxygen atoms in total. The second kappa shape index (κ2) is 9.77. The van der Waals surface area contributed by atoms with Crippen LogP contribution in [0.15, 0.2) is 164 Å². The summed E-state index contributed by atoms with van der Waals surface area (Å²) < 4.78 is 0. The molecule has 0 saturated carbocycles. The maximum Gasteiger partial charge on any atom is -0.00201 e. The first kappa shape index (κ1) is 24.6. The van der Waals surface area contributed by atoms with E-state index in [-0.39, 0.29) is 0 Å². The lowest BCUT2D eigenvalue weighted by Crippen LogP contribution is -2.20. The van der Waals surface area contributed by atoms with Gasteiger partial charge in [-0.2, -0.15) is 0 Å². The highest BCUT2D eigenvalue weighted by Gasteiger charge is 2.23. The molecule has 0 saturated heterocycles. The fourth-order valence-corrected chi connectivity index (χ4v) is 9.26. The van der Waals surface area contributed by atoms with Crippen molar-refractivity contribution in [2.45, 2.75) is 0 Å². The quantitative estimate of drug-likeness (QED) is 0.187. The second-order valence-corrected chi connectivity index (χ2v) is 13.6. The molecule has 9 rings (SSSR count). The molecule has 0 aliphatic heterocycles. The van der Waals surface area contributed by atoms with E-state index < -0.39 is 7.92 Å². The lowest BCUT2D eigenvalue weighted by atomic mass is 9.93. The van der Waals surface area contributed by atoms with E-state index in [1.807, 2.05) is 0 Å². The van der Waals surface area contributed by atoms with E-state index in [1.165, 1.54) is 81.6 Å². The van der Waals surface area contributed by atoms with Crippen molar-refractivity contribution < 1.29 is 0 Å². The molecule has 0 spiro atoms. The summed E-state index contributed by atoms with van der Waals surface area (Å²) in [5.74, 6) is 0. The Bertz CT molecular complexity index is 2250. The molecule has 0 unspecified atom stereocenters. The van der Waals surface area contributed by atoms with Crippen LogP contribution in [0, 0.1) is 0 Å². The van der Waals surface area contributed by atoms with Gasteiger partial charge < -0.3 is 0 Å². The summed E-state index contributed by atoms with van der Waals surface area (Å²) >= 11 is 0. The highest BCUT2D eigenvalue weighted by molar-refractivity contribution is 7.79. The van der Waals surface area contributed by atoms with Crippen molar-refractivity contribution in [2.24, 2.45) is 0 Å². The van der Waals surface area contributed by atoms with E-state index in [1.54, 1.807) is 0 Å². The minimum Gasteiger partial charge on any atom is -0.0622 e.